The molecule has 0 aliphatic rings. The van der Waals surface area contributed by atoms with Gasteiger partial charge in [0.15, 0.2) is 5.78 Å². The van der Waals surface area contributed by atoms with E-state index in [1.165, 1.54) is 0 Å². The standard InChI is InChI=1S/C14H11BrClNO/c15-11-4-1-10(13(16)8-11)7-14(18)9-2-5-12(17)6-3-9/h1-6,8H,7,17H2. The molecule has 0 amide bonds. The van der Waals surface area contributed by atoms with Crippen molar-refractivity contribution >= 4 is 39.0 Å². The Labute approximate surface area is 119 Å². The van der Waals surface area contributed by atoms with Gasteiger partial charge in [0.05, 0.1) is 0 Å². The largest absolute Gasteiger partial charge is 0.399 e. The van der Waals surface area contributed by atoms with Gasteiger partial charge in [-0.25, -0.2) is 0 Å². The Kier molecular flexibility index (Phi) is 4.04. The van der Waals surface area contributed by atoms with Crippen LogP contribution in [0.15, 0.2) is 46.9 Å². The third kappa shape index (κ3) is 3.12. The molecule has 2 aromatic carbocycles. The Morgan fingerprint density at radius 2 is 1.83 bits per heavy atom. The van der Waals surface area contributed by atoms with E-state index >= 15 is 0 Å². The summed E-state index contributed by atoms with van der Waals surface area (Å²) >= 11 is 9.42. The summed E-state index contributed by atoms with van der Waals surface area (Å²) in [5, 5.41) is 0.591. The van der Waals surface area contributed by atoms with Crippen LogP contribution in [-0.4, -0.2) is 5.78 Å². The molecule has 0 spiro atoms. The van der Waals surface area contributed by atoms with Crippen molar-refractivity contribution in [3.8, 4) is 0 Å². The molecule has 2 rings (SSSR count). The molecule has 0 heterocycles. The number of nitrogen functional groups attached to an aromatic ring is 1. The van der Waals surface area contributed by atoms with Gasteiger partial charge in [-0.1, -0.05) is 33.6 Å². The van der Waals surface area contributed by atoms with Crippen molar-refractivity contribution in [3.63, 3.8) is 0 Å². The summed E-state index contributed by atoms with van der Waals surface area (Å²) in [6.45, 7) is 0. The number of hydrogen-bond donors (Lipinski definition) is 1. The number of nitrogens with two attached hydrogens (primary N) is 1. The number of carbonyl (C=O) groups excluding carboxylic acids is 1. The second kappa shape index (κ2) is 5.55. The summed E-state index contributed by atoms with van der Waals surface area (Å²) in [6, 6.07) is 12.4. The first kappa shape index (κ1) is 13.1. The van der Waals surface area contributed by atoms with Crippen LogP contribution in [0.5, 0.6) is 0 Å². The van der Waals surface area contributed by atoms with E-state index in [1.54, 1.807) is 30.3 Å². The third-order valence-corrected chi connectivity index (χ3v) is 3.44. The molecule has 0 bridgehead atoms. The Morgan fingerprint density at radius 1 is 1.17 bits per heavy atom. The van der Waals surface area contributed by atoms with Crippen molar-refractivity contribution in [2.24, 2.45) is 0 Å². The zero-order chi connectivity index (χ0) is 13.1. The number of hydrogen-bond acceptors (Lipinski definition) is 2. The first-order valence-corrected chi connectivity index (χ1v) is 6.56. The first-order chi connectivity index (χ1) is 8.56. The molecular weight excluding hydrogens is 314 g/mol. The predicted octanol–water partition coefficient (Wildman–Crippen LogP) is 4.11. The summed E-state index contributed by atoms with van der Waals surface area (Å²) < 4.78 is 0.899. The average Bonchev–Trinajstić information content (AvgIpc) is 2.33. The molecule has 0 atom stereocenters. The minimum atomic E-state index is 0.0271. The van der Waals surface area contributed by atoms with Crippen LogP contribution in [0, 0.1) is 0 Å². The van der Waals surface area contributed by atoms with Gasteiger partial charge in [0, 0.05) is 27.2 Å². The number of benzene rings is 2. The molecular formula is C14H11BrClNO. The average molecular weight is 325 g/mol. The van der Waals surface area contributed by atoms with Gasteiger partial charge in [-0.05, 0) is 42.0 Å². The van der Waals surface area contributed by atoms with Crippen molar-refractivity contribution in [3.05, 3.63) is 63.1 Å². The van der Waals surface area contributed by atoms with Gasteiger partial charge in [0.1, 0.15) is 0 Å². The van der Waals surface area contributed by atoms with Gasteiger partial charge in [-0.2, -0.15) is 0 Å². The van der Waals surface area contributed by atoms with Crippen molar-refractivity contribution in [2.45, 2.75) is 6.42 Å². The summed E-state index contributed by atoms with van der Waals surface area (Å²) in [5.74, 6) is 0.0271. The molecule has 0 fully saturated rings. The lowest BCUT2D eigenvalue weighted by molar-refractivity contribution is 0.0993. The summed E-state index contributed by atoms with van der Waals surface area (Å²) in [4.78, 5) is 12.1. The highest BCUT2D eigenvalue weighted by Gasteiger charge is 2.09. The molecule has 0 saturated heterocycles. The van der Waals surface area contributed by atoms with E-state index < -0.39 is 0 Å². The lowest BCUT2D eigenvalue weighted by Gasteiger charge is -2.05. The molecule has 0 unspecified atom stereocenters. The lowest BCUT2D eigenvalue weighted by Crippen LogP contribution is -2.04. The monoisotopic (exact) mass is 323 g/mol. The molecule has 4 heteroatoms. The molecule has 2 aromatic rings. The molecule has 0 aromatic heterocycles. The lowest BCUT2D eigenvalue weighted by atomic mass is 10.0. The third-order valence-electron chi connectivity index (χ3n) is 2.60. The van der Waals surface area contributed by atoms with E-state index in [1.807, 2.05) is 12.1 Å². The van der Waals surface area contributed by atoms with Crippen LogP contribution >= 0.6 is 27.5 Å². The zero-order valence-corrected chi connectivity index (χ0v) is 11.8. The molecule has 0 aliphatic carbocycles. The van der Waals surface area contributed by atoms with E-state index in [0.29, 0.717) is 16.3 Å². The van der Waals surface area contributed by atoms with E-state index in [-0.39, 0.29) is 12.2 Å². The van der Waals surface area contributed by atoms with E-state index in [0.717, 1.165) is 10.0 Å². The van der Waals surface area contributed by atoms with Crippen molar-refractivity contribution in [1.82, 2.24) is 0 Å². The molecule has 0 saturated carbocycles. The fourth-order valence-corrected chi connectivity index (χ4v) is 2.35. The second-order valence-corrected chi connectivity index (χ2v) is 5.28. The zero-order valence-electron chi connectivity index (χ0n) is 9.49. The molecule has 0 radical (unpaired) electrons. The topological polar surface area (TPSA) is 43.1 Å². The van der Waals surface area contributed by atoms with Gasteiger partial charge in [-0.3, -0.25) is 4.79 Å². The van der Waals surface area contributed by atoms with Crippen LogP contribution < -0.4 is 5.73 Å². The normalized spacial score (nSPS) is 10.3. The van der Waals surface area contributed by atoms with Crippen LogP contribution in [0.4, 0.5) is 5.69 Å². The highest BCUT2D eigenvalue weighted by molar-refractivity contribution is 9.10. The van der Waals surface area contributed by atoms with Crippen molar-refractivity contribution in [1.29, 1.82) is 0 Å². The SMILES string of the molecule is Nc1ccc(C(=O)Cc2ccc(Br)cc2Cl)cc1. The molecule has 92 valence electrons. The van der Waals surface area contributed by atoms with E-state index in [9.17, 15) is 4.79 Å². The molecule has 2 N–H and O–H groups in total. The Hall–Kier alpha value is -1.32. The van der Waals surface area contributed by atoms with Crippen LogP contribution in [0.2, 0.25) is 5.02 Å². The van der Waals surface area contributed by atoms with Crippen molar-refractivity contribution in [2.75, 3.05) is 5.73 Å². The number of carbonyl (C=O) groups is 1. The van der Waals surface area contributed by atoms with Gasteiger partial charge >= 0.3 is 0 Å². The maximum absolute atomic E-state index is 12.1. The highest BCUT2D eigenvalue weighted by Crippen LogP contribution is 2.22. The fourth-order valence-electron chi connectivity index (χ4n) is 1.61. The highest BCUT2D eigenvalue weighted by atomic mass is 79.9. The number of ketones is 1. The number of anilines is 1. The quantitative estimate of drug-likeness (QED) is 0.682. The Bertz CT molecular complexity index is 581. The van der Waals surface area contributed by atoms with Gasteiger partial charge < -0.3 is 5.73 Å². The summed E-state index contributed by atoms with van der Waals surface area (Å²) in [6.07, 6.45) is 0.288. The number of rotatable bonds is 3. The number of halogens is 2. The summed E-state index contributed by atoms with van der Waals surface area (Å²) in [5.41, 5.74) is 7.69. The Balaban J connectivity index is 2.18. The maximum Gasteiger partial charge on any atom is 0.167 e. The van der Waals surface area contributed by atoms with Gasteiger partial charge in [0.25, 0.3) is 0 Å². The molecule has 2 nitrogen and oxygen atoms in total. The van der Waals surface area contributed by atoms with Crippen LogP contribution in [-0.2, 0) is 6.42 Å². The second-order valence-electron chi connectivity index (χ2n) is 3.96. The number of Topliss-reactive ketones (excluding diaryl/α,β-unsaturated/α-hetero) is 1. The van der Waals surface area contributed by atoms with Crippen LogP contribution in [0.3, 0.4) is 0 Å². The first-order valence-electron chi connectivity index (χ1n) is 5.39. The maximum atomic E-state index is 12.1. The molecule has 18 heavy (non-hydrogen) atoms. The van der Waals surface area contributed by atoms with E-state index in [4.69, 9.17) is 17.3 Å². The van der Waals surface area contributed by atoms with E-state index in [2.05, 4.69) is 15.9 Å². The van der Waals surface area contributed by atoms with Gasteiger partial charge in [-0.15, -0.1) is 0 Å². The fraction of sp³-hybridized carbons (Fsp3) is 0.0714. The minimum Gasteiger partial charge on any atom is -0.399 e. The van der Waals surface area contributed by atoms with Crippen LogP contribution in [0.25, 0.3) is 0 Å². The summed E-state index contributed by atoms with van der Waals surface area (Å²) in [7, 11) is 0. The molecule has 0 aliphatic heterocycles. The minimum absolute atomic E-state index is 0.0271. The van der Waals surface area contributed by atoms with Crippen molar-refractivity contribution < 1.29 is 4.79 Å². The predicted molar refractivity (Wildman–Crippen MR) is 78.0 cm³/mol. The van der Waals surface area contributed by atoms with Gasteiger partial charge in [0.2, 0.25) is 0 Å². The Morgan fingerprint density at radius 3 is 2.44 bits per heavy atom. The van der Waals surface area contributed by atoms with Crippen LogP contribution in [0.1, 0.15) is 15.9 Å². The smallest absolute Gasteiger partial charge is 0.167 e.